The molecule has 1 heterocycles. The van der Waals surface area contributed by atoms with Gasteiger partial charge in [0.25, 0.3) is 11.8 Å². The van der Waals surface area contributed by atoms with Gasteiger partial charge in [-0.05, 0) is 29.1 Å². The molecule has 0 spiro atoms. The summed E-state index contributed by atoms with van der Waals surface area (Å²) in [4.78, 5) is 23.1. The average molecular weight is 274 g/mol. The van der Waals surface area contributed by atoms with E-state index in [1.807, 2.05) is 22.9 Å². The molecule has 2 N–H and O–H groups in total. The number of rotatable bonds is 4. The van der Waals surface area contributed by atoms with Gasteiger partial charge in [0, 0.05) is 30.1 Å². The van der Waals surface area contributed by atoms with Crippen LogP contribution >= 0.6 is 11.3 Å². The van der Waals surface area contributed by atoms with Gasteiger partial charge in [0.2, 0.25) is 0 Å². The molecule has 0 radical (unpaired) electrons. The summed E-state index contributed by atoms with van der Waals surface area (Å²) in [6.07, 6.45) is 0. The SMILES string of the molecule is CNC(=O)c1ccc(CNC(=O)c2ccsc2)cc1. The lowest BCUT2D eigenvalue weighted by atomic mass is 10.1. The van der Waals surface area contributed by atoms with Crippen LogP contribution in [0.2, 0.25) is 0 Å². The molecule has 2 aromatic rings. The van der Waals surface area contributed by atoms with E-state index in [9.17, 15) is 9.59 Å². The molecule has 19 heavy (non-hydrogen) atoms. The van der Waals surface area contributed by atoms with Gasteiger partial charge in [-0.1, -0.05) is 12.1 Å². The minimum atomic E-state index is -0.117. The fourth-order valence-corrected chi connectivity index (χ4v) is 2.23. The number of carbonyl (C=O) groups is 2. The number of hydrogen-bond donors (Lipinski definition) is 2. The third kappa shape index (κ3) is 3.42. The zero-order valence-corrected chi connectivity index (χ0v) is 11.3. The van der Waals surface area contributed by atoms with Crippen molar-refractivity contribution in [2.24, 2.45) is 0 Å². The van der Waals surface area contributed by atoms with Crippen molar-refractivity contribution in [3.8, 4) is 0 Å². The van der Waals surface area contributed by atoms with Crippen LogP contribution in [-0.2, 0) is 6.54 Å². The Labute approximate surface area is 115 Å². The molecule has 0 aliphatic rings. The molecule has 1 aromatic carbocycles. The van der Waals surface area contributed by atoms with Crippen LogP contribution in [0, 0.1) is 0 Å². The van der Waals surface area contributed by atoms with Crippen LogP contribution in [0.5, 0.6) is 0 Å². The zero-order valence-electron chi connectivity index (χ0n) is 10.5. The number of nitrogens with one attached hydrogen (secondary N) is 2. The molecule has 0 atom stereocenters. The summed E-state index contributed by atoms with van der Waals surface area (Å²) in [6.45, 7) is 0.447. The van der Waals surface area contributed by atoms with Crippen LogP contribution in [0.3, 0.4) is 0 Å². The molecular weight excluding hydrogens is 260 g/mol. The van der Waals surface area contributed by atoms with Crippen molar-refractivity contribution in [1.82, 2.24) is 10.6 Å². The highest BCUT2D eigenvalue weighted by atomic mass is 32.1. The second kappa shape index (κ2) is 6.15. The van der Waals surface area contributed by atoms with Crippen molar-refractivity contribution in [2.75, 3.05) is 7.05 Å². The summed E-state index contributed by atoms with van der Waals surface area (Å²) in [7, 11) is 1.59. The van der Waals surface area contributed by atoms with Gasteiger partial charge in [-0.2, -0.15) is 11.3 Å². The number of benzene rings is 1. The predicted octanol–water partition coefficient (Wildman–Crippen LogP) is 2.04. The fraction of sp³-hybridized carbons (Fsp3) is 0.143. The fourth-order valence-electron chi connectivity index (χ4n) is 1.60. The van der Waals surface area contributed by atoms with E-state index in [4.69, 9.17) is 0 Å². The first-order chi connectivity index (χ1) is 9.20. The molecule has 4 nitrogen and oxygen atoms in total. The molecule has 98 valence electrons. The lowest BCUT2D eigenvalue weighted by molar-refractivity contribution is 0.0946. The molecule has 0 aliphatic heterocycles. The first kappa shape index (κ1) is 13.3. The van der Waals surface area contributed by atoms with E-state index >= 15 is 0 Å². The maximum absolute atomic E-state index is 11.7. The Morgan fingerprint density at radius 2 is 1.79 bits per heavy atom. The Balaban J connectivity index is 1.93. The van der Waals surface area contributed by atoms with E-state index in [0.717, 1.165) is 5.56 Å². The summed E-state index contributed by atoms with van der Waals surface area (Å²) in [6, 6.07) is 8.93. The van der Waals surface area contributed by atoms with Gasteiger partial charge in [-0.15, -0.1) is 0 Å². The maximum atomic E-state index is 11.7. The highest BCUT2D eigenvalue weighted by Crippen LogP contribution is 2.07. The van der Waals surface area contributed by atoms with Crippen molar-refractivity contribution < 1.29 is 9.59 Å². The van der Waals surface area contributed by atoms with Gasteiger partial charge in [-0.3, -0.25) is 9.59 Å². The largest absolute Gasteiger partial charge is 0.355 e. The third-order valence-corrected chi connectivity index (χ3v) is 3.36. The molecule has 2 rings (SSSR count). The van der Waals surface area contributed by atoms with Crippen molar-refractivity contribution in [3.63, 3.8) is 0 Å². The molecule has 0 saturated heterocycles. The van der Waals surface area contributed by atoms with E-state index < -0.39 is 0 Å². The number of amides is 2. The van der Waals surface area contributed by atoms with E-state index in [1.54, 1.807) is 25.2 Å². The van der Waals surface area contributed by atoms with Crippen molar-refractivity contribution in [1.29, 1.82) is 0 Å². The Morgan fingerprint density at radius 3 is 2.37 bits per heavy atom. The van der Waals surface area contributed by atoms with Crippen LogP contribution in [0.25, 0.3) is 0 Å². The Morgan fingerprint density at radius 1 is 1.05 bits per heavy atom. The summed E-state index contributed by atoms with van der Waals surface area (Å²) < 4.78 is 0. The molecule has 0 aliphatic carbocycles. The maximum Gasteiger partial charge on any atom is 0.252 e. The van der Waals surface area contributed by atoms with Crippen LogP contribution in [0.4, 0.5) is 0 Å². The molecule has 0 saturated carbocycles. The van der Waals surface area contributed by atoms with Gasteiger partial charge in [0.05, 0.1) is 0 Å². The van der Waals surface area contributed by atoms with Crippen LogP contribution < -0.4 is 10.6 Å². The highest BCUT2D eigenvalue weighted by molar-refractivity contribution is 7.08. The van der Waals surface area contributed by atoms with E-state index in [1.165, 1.54) is 11.3 Å². The Hall–Kier alpha value is -2.14. The highest BCUT2D eigenvalue weighted by Gasteiger charge is 2.06. The minimum absolute atomic E-state index is 0.0865. The van der Waals surface area contributed by atoms with Crippen LogP contribution in [-0.4, -0.2) is 18.9 Å². The van der Waals surface area contributed by atoms with Crippen molar-refractivity contribution in [3.05, 3.63) is 57.8 Å². The van der Waals surface area contributed by atoms with E-state index in [2.05, 4.69) is 10.6 Å². The first-order valence-corrected chi connectivity index (χ1v) is 6.76. The lowest BCUT2D eigenvalue weighted by Crippen LogP contribution is -2.22. The summed E-state index contributed by atoms with van der Waals surface area (Å²) in [5.74, 6) is -0.203. The third-order valence-electron chi connectivity index (χ3n) is 2.68. The smallest absolute Gasteiger partial charge is 0.252 e. The van der Waals surface area contributed by atoms with E-state index in [-0.39, 0.29) is 11.8 Å². The Bertz CT molecular complexity index is 562. The Kier molecular flexibility index (Phi) is 4.30. The zero-order chi connectivity index (χ0) is 13.7. The number of carbonyl (C=O) groups excluding carboxylic acids is 2. The van der Waals surface area contributed by atoms with Crippen LogP contribution in [0.15, 0.2) is 41.1 Å². The average Bonchev–Trinajstić information content (AvgIpc) is 2.98. The van der Waals surface area contributed by atoms with Crippen molar-refractivity contribution in [2.45, 2.75) is 6.54 Å². The summed E-state index contributed by atoms with van der Waals surface area (Å²) >= 11 is 1.49. The summed E-state index contributed by atoms with van der Waals surface area (Å²) in [5, 5.41) is 9.07. The number of thiophene rings is 1. The quantitative estimate of drug-likeness (QED) is 0.896. The first-order valence-electron chi connectivity index (χ1n) is 5.82. The van der Waals surface area contributed by atoms with Gasteiger partial charge in [-0.25, -0.2) is 0 Å². The topological polar surface area (TPSA) is 58.2 Å². The van der Waals surface area contributed by atoms with Gasteiger partial charge >= 0.3 is 0 Å². The standard InChI is InChI=1S/C14H14N2O2S/c1-15-13(17)11-4-2-10(3-5-11)8-16-14(18)12-6-7-19-9-12/h2-7,9H,8H2,1H3,(H,15,17)(H,16,18). The normalized spacial score (nSPS) is 9.95. The van der Waals surface area contributed by atoms with Gasteiger partial charge in [0.15, 0.2) is 0 Å². The molecule has 0 unspecified atom stereocenters. The van der Waals surface area contributed by atoms with Gasteiger partial charge in [0.1, 0.15) is 0 Å². The molecular formula is C14H14N2O2S. The van der Waals surface area contributed by atoms with Crippen molar-refractivity contribution >= 4 is 23.2 Å². The molecule has 1 aromatic heterocycles. The minimum Gasteiger partial charge on any atom is -0.355 e. The second-order valence-electron chi connectivity index (χ2n) is 3.97. The molecule has 0 fully saturated rings. The molecule has 5 heteroatoms. The van der Waals surface area contributed by atoms with Crippen LogP contribution in [0.1, 0.15) is 26.3 Å². The lowest BCUT2D eigenvalue weighted by Gasteiger charge is -2.05. The second-order valence-corrected chi connectivity index (χ2v) is 4.75. The van der Waals surface area contributed by atoms with Gasteiger partial charge < -0.3 is 10.6 Å². The predicted molar refractivity (Wildman–Crippen MR) is 75.3 cm³/mol. The monoisotopic (exact) mass is 274 g/mol. The molecule has 2 amide bonds. The summed E-state index contributed by atoms with van der Waals surface area (Å²) in [5.41, 5.74) is 2.23. The van der Waals surface area contributed by atoms with E-state index in [0.29, 0.717) is 17.7 Å². The number of hydrogen-bond acceptors (Lipinski definition) is 3. The molecule has 0 bridgehead atoms.